The zero-order valence-electron chi connectivity index (χ0n) is 6.20. The fraction of sp³-hybridized carbons (Fsp3) is 0.333. The summed E-state index contributed by atoms with van der Waals surface area (Å²) >= 11 is 5.75. The number of alkyl halides is 1. The molecule has 1 atom stereocenters. The highest BCUT2D eigenvalue weighted by molar-refractivity contribution is 6.20. The summed E-state index contributed by atoms with van der Waals surface area (Å²) in [5.74, 6) is 0. The third-order valence-corrected chi connectivity index (χ3v) is 1.79. The summed E-state index contributed by atoms with van der Waals surface area (Å²) in [7, 11) is 0. The molecule has 0 heterocycles. The highest BCUT2D eigenvalue weighted by Crippen LogP contribution is 2.06. The van der Waals surface area contributed by atoms with Gasteiger partial charge in [-0.25, -0.2) is 0 Å². The molecule has 0 bridgehead atoms. The van der Waals surface area contributed by atoms with Crippen molar-refractivity contribution in [2.45, 2.75) is 11.8 Å². The van der Waals surface area contributed by atoms with Crippen molar-refractivity contribution in [1.29, 1.82) is 0 Å². The van der Waals surface area contributed by atoms with Crippen molar-refractivity contribution in [2.24, 2.45) is 0 Å². The van der Waals surface area contributed by atoms with Gasteiger partial charge >= 0.3 is 0 Å². The van der Waals surface area contributed by atoms with Crippen LogP contribution in [0.15, 0.2) is 30.3 Å². The lowest BCUT2D eigenvalue weighted by Gasteiger charge is -2.04. The Morgan fingerprint density at radius 1 is 1.27 bits per heavy atom. The second-order valence-corrected chi connectivity index (χ2v) is 3.09. The lowest BCUT2D eigenvalue weighted by atomic mass is 10.1. The van der Waals surface area contributed by atoms with Crippen LogP contribution in [-0.2, 0) is 6.42 Å². The zero-order chi connectivity index (χ0) is 8.10. The summed E-state index contributed by atoms with van der Waals surface area (Å²) in [4.78, 5) is 0. The van der Waals surface area contributed by atoms with Gasteiger partial charge in [-0.1, -0.05) is 30.3 Å². The molecule has 0 aliphatic rings. The van der Waals surface area contributed by atoms with Gasteiger partial charge in [-0.05, 0) is 12.0 Å². The summed E-state index contributed by atoms with van der Waals surface area (Å²) in [5, 5.41) is 8.51. The van der Waals surface area contributed by atoms with Crippen LogP contribution in [0.3, 0.4) is 0 Å². The van der Waals surface area contributed by atoms with E-state index in [4.69, 9.17) is 16.7 Å². The van der Waals surface area contributed by atoms with Crippen molar-refractivity contribution in [3.63, 3.8) is 0 Å². The van der Waals surface area contributed by atoms with E-state index >= 15 is 0 Å². The summed E-state index contributed by atoms with van der Waals surface area (Å²) in [5.41, 5.74) is 1.17. The van der Waals surface area contributed by atoms with E-state index in [0.717, 1.165) is 6.42 Å². The van der Waals surface area contributed by atoms with E-state index in [1.54, 1.807) is 0 Å². The number of rotatable bonds is 3. The highest BCUT2D eigenvalue weighted by atomic mass is 35.5. The van der Waals surface area contributed by atoms with Gasteiger partial charge in [0.15, 0.2) is 0 Å². The minimum Gasteiger partial charge on any atom is -0.395 e. The number of hydrogen-bond donors (Lipinski definition) is 1. The molecule has 0 radical (unpaired) electrons. The standard InChI is InChI=1S/C9H11ClO/c10-9(7-11)6-8-4-2-1-3-5-8/h1-5,9,11H,6-7H2/t9-/m0/s1. The molecule has 0 spiro atoms. The fourth-order valence-electron chi connectivity index (χ4n) is 0.934. The molecule has 0 unspecified atom stereocenters. The van der Waals surface area contributed by atoms with E-state index in [1.165, 1.54) is 5.56 Å². The van der Waals surface area contributed by atoms with Gasteiger partial charge in [-0.15, -0.1) is 11.6 Å². The summed E-state index contributed by atoms with van der Waals surface area (Å²) in [6.07, 6.45) is 0.735. The number of aliphatic hydroxyl groups is 1. The van der Waals surface area contributed by atoms with E-state index in [0.29, 0.717) is 0 Å². The predicted molar refractivity (Wildman–Crippen MR) is 46.9 cm³/mol. The zero-order valence-corrected chi connectivity index (χ0v) is 6.96. The molecule has 0 amide bonds. The van der Waals surface area contributed by atoms with Gasteiger partial charge in [0.2, 0.25) is 0 Å². The van der Waals surface area contributed by atoms with Crippen LogP contribution >= 0.6 is 11.6 Å². The molecule has 11 heavy (non-hydrogen) atoms. The van der Waals surface area contributed by atoms with Crippen molar-refractivity contribution in [3.05, 3.63) is 35.9 Å². The van der Waals surface area contributed by atoms with Crippen LogP contribution in [0.5, 0.6) is 0 Å². The van der Waals surface area contributed by atoms with Crippen molar-refractivity contribution in [3.8, 4) is 0 Å². The van der Waals surface area contributed by atoms with Crippen LogP contribution in [0.25, 0.3) is 0 Å². The molecular formula is C9H11ClO. The van der Waals surface area contributed by atoms with Gasteiger partial charge in [0.1, 0.15) is 0 Å². The molecule has 0 saturated carbocycles. The quantitative estimate of drug-likeness (QED) is 0.687. The molecule has 0 fully saturated rings. The molecule has 0 aromatic heterocycles. The molecule has 1 rings (SSSR count). The van der Waals surface area contributed by atoms with Gasteiger partial charge in [0, 0.05) is 0 Å². The van der Waals surface area contributed by atoms with Crippen molar-refractivity contribution < 1.29 is 5.11 Å². The lowest BCUT2D eigenvalue weighted by molar-refractivity contribution is 0.292. The van der Waals surface area contributed by atoms with Crippen LogP contribution in [0, 0.1) is 0 Å². The summed E-state index contributed by atoms with van der Waals surface area (Å²) < 4.78 is 0. The Morgan fingerprint density at radius 2 is 1.91 bits per heavy atom. The molecule has 0 aliphatic heterocycles. The van der Waals surface area contributed by atoms with Gasteiger partial charge in [-0.3, -0.25) is 0 Å². The first-order valence-corrected chi connectivity index (χ1v) is 4.05. The van der Waals surface area contributed by atoms with E-state index in [1.807, 2.05) is 30.3 Å². The lowest BCUT2D eigenvalue weighted by Crippen LogP contribution is -2.07. The Balaban J connectivity index is 2.51. The van der Waals surface area contributed by atoms with Crippen molar-refractivity contribution >= 4 is 11.6 Å². The third kappa shape index (κ3) is 2.91. The molecule has 1 N–H and O–H groups in total. The number of hydrogen-bond acceptors (Lipinski definition) is 1. The number of benzene rings is 1. The molecule has 1 aromatic carbocycles. The molecule has 60 valence electrons. The monoisotopic (exact) mass is 170 g/mol. The van der Waals surface area contributed by atoms with E-state index < -0.39 is 0 Å². The first-order chi connectivity index (χ1) is 5.33. The Kier molecular flexibility index (Phi) is 3.40. The van der Waals surface area contributed by atoms with Crippen molar-refractivity contribution in [1.82, 2.24) is 0 Å². The number of halogens is 1. The Morgan fingerprint density at radius 3 is 2.45 bits per heavy atom. The van der Waals surface area contributed by atoms with Gasteiger partial charge in [-0.2, -0.15) is 0 Å². The smallest absolute Gasteiger partial charge is 0.0607 e. The maximum atomic E-state index is 8.66. The molecule has 0 saturated heterocycles. The normalized spacial score (nSPS) is 12.9. The predicted octanol–water partition coefficient (Wildman–Crippen LogP) is 1.83. The second kappa shape index (κ2) is 4.37. The van der Waals surface area contributed by atoms with Crippen LogP contribution in [-0.4, -0.2) is 17.1 Å². The SMILES string of the molecule is OC[C@@H](Cl)Cc1ccccc1. The topological polar surface area (TPSA) is 20.2 Å². The van der Waals surface area contributed by atoms with Gasteiger partial charge in [0.25, 0.3) is 0 Å². The average Bonchev–Trinajstić information content (AvgIpc) is 2.06. The fourth-order valence-corrected chi connectivity index (χ4v) is 1.11. The Labute approximate surface area is 71.6 Å². The van der Waals surface area contributed by atoms with Crippen LogP contribution < -0.4 is 0 Å². The highest BCUT2D eigenvalue weighted by Gasteiger charge is 2.02. The second-order valence-electron chi connectivity index (χ2n) is 2.47. The summed E-state index contributed by atoms with van der Waals surface area (Å²) in [6.45, 7) is 0.0381. The van der Waals surface area contributed by atoms with Crippen molar-refractivity contribution in [2.75, 3.05) is 6.61 Å². The maximum absolute atomic E-state index is 8.66. The molecular weight excluding hydrogens is 160 g/mol. The first-order valence-electron chi connectivity index (χ1n) is 3.62. The Hall–Kier alpha value is -0.530. The van der Waals surface area contributed by atoms with E-state index in [9.17, 15) is 0 Å². The maximum Gasteiger partial charge on any atom is 0.0607 e. The minimum atomic E-state index is -0.155. The average molecular weight is 171 g/mol. The van der Waals surface area contributed by atoms with E-state index in [2.05, 4.69) is 0 Å². The third-order valence-electron chi connectivity index (χ3n) is 1.50. The van der Waals surface area contributed by atoms with Crippen LogP contribution in [0.1, 0.15) is 5.56 Å². The summed E-state index contributed by atoms with van der Waals surface area (Å²) in [6, 6.07) is 9.91. The minimum absolute atomic E-state index is 0.0381. The largest absolute Gasteiger partial charge is 0.395 e. The molecule has 2 heteroatoms. The number of aliphatic hydroxyl groups excluding tert-OH is 1. The van der Waals surface area contributed by atoms with Crippen LogP contribution in [0.2, 0.25) is 0 Å². The molecule has 1 aromatic rings. The molecule has 1 nitrogen and oxygen atoms in total. The first kappa shape index (κ1) is 8.57. The van der Waals surface area contributed by atoms with E-state index in [-0.39, 0.29) is 12.0 Å². The van der Waals surface area contributed by atoms with Gasteiger partial charge < -0.3 is 5.11 Å². The van der Waals surface area contributed by atoms with Gasteiger partial charge in [0.05, 0.1) is 12.0 Å². The molecule has 0 aliphatic carbocycles. The Bertz CT molecular complexity index is 198. The van der Waals surface area contributed by atoms with Crippen LogP contribution in [0.4, 0.5) is 0 Å².